The average molecular weight is 216 g/mol. The molecule has 0 atom stereocenters. The maximum Gasteiger partial charge on any atom is 0.162 e. The standard InChI is InChI=1S/C13H16N2O/c1-15-9-7-12-10-11(4-2-3-8-14)5-6-13(12)16-15/h2,4-7,9-10H,3,8,14H2,1H3/b4-2+. The Balaban J connectivity index is 2.18. The van der Waals surface area contributed by atoms with Crippen LogP contribution in [0.5, 0.6) is 5.75 Å². The summed E-state index contributed by atoms with van der Waals surface area (Å²) < 4.78 is 0. The first-order chi connectivity index (χ1) is 7.79. The molecule has 0 bridgehead atoms. The third-order valence-electron chi connectivity index (χ3n) is 2.38. The first kappa shape index (κ1) is 10.8. The first-order valence-corrected chi connectivity index (χ1v) is 5.39. The van der Waals surface area contributed by atoms with E-state index in [1.54, 1.807) is 5.06 Å². The SMILES string of the molecule is CN1C=Cc2cc(/C=C/CCN)ccc2O1. The Bertz CT molecular complexity index is 424. The van der Waals surface area contributed by atoms with Crippen LogP contribution in [0.3, 0.4) is 0 Å². The van der Waals surface area contributed by atoms with Crippen LogP contribution in [0, 0.1) is 0 Å². The van der Waals surface area contributed by atoms with Gasteiger partial charge in [-0.3, -0.25) is 0 Å². The van der Waals surface area contributed by atoms with Crippen molar-refractivity contribution in [2.24, 2.45) is 5.73 Å². The molecule has 0 saturated carbocycles. The summed E-state index contributed by atoms with van der Waals surface area (Å²) in [7, 11) is 1.87. The summed E-state index contributed by atoms with van der Waals surface area (Å²) in [5.41, 5.74) is 7.71. The smallest absolute Gasteiger partial charge is 0.162 e. The van der Waals surface area contributed by atoms with Crippen molar-refractivity contribution >= 4 is 12.2 Å². The Kier molecular flexibility index (Phi) is 3.27. The van der Waals surface area contributed by atoms with Crippen LogP contribution in [-0.2, 0) is 0 Å². The Morgan fingerprint density at radius 3 is 3.12 bits per heavy atom. The highest BCUT2D eigenvalue weighted by Gasteiger charge is 2.08. The molecule has 0 saturated heterocycles. The van der Waals surface area contributed by atoms with Gasteiger partial charge in [-0.1, -0.05) is 18.2 Å². The number of fused-ring (bicyclic) bond motifs is 1. The topological polar surface area (TPSA) is 38.5 Å². The lowest BCUT2D eigenvalue weighted by molar-refractivity contribution is 0.0188. The number of hydroxylamine groups is 2. The molecule has 2 rings (SSSR count). The lowest BCUT2D eigenvalue weighted by Gasteiger charge is -2.21. The predicted molar refractivity (Wildman–Crippen MR) is 66.6 cm³/mol. The average Bonchev–Trinajstić information content (AvgIpc) is 2.29. The van der Waals surface area contributed by atoms with E-state index in [0.29, 0.717) is 6.54 Å². The van der Waals surface area contributed by atoms with Gasteiger partial charge in [0, 0.05) is 18.8 Å². The van der Waals surface area contributed by atoms with Gasteiger partial charge in [0.2, 0.25) is 0 Å². The van der Waals surface area contributed by atoms with E-state index in [-0.39, 0.29) is 0 Å². The highest BCUT2D eigenvalue weighted by molar-refractivity contribution is 5.64. The fourth-order valence-corrected chi connectivity index (χ4v) is 1.57. The minimum atomic E-state index is 0.690. The molecule has 2 N–H and O–H groups in total. The number of rotatable bonds is 3. The van der Waals surface area contributed by atoms with Crippen molar-refractivity contribution in [3.63, 3.8) is 0 Å². The summed E-state index contributed by atoms with van der Waals surface area (Å²) in [4.78, 5) is 5.51. The monoisotopic (exact) mass is 216 g/mol. The minimum Gasteiger partial charge on any atom is -0.380 e. The van der Waals surface area contributed by atoms with Crippen LogP contribution in [0.2, 0.25) is 0 Å². The molecule has 16 heavy (non-hydrogen) atoms. The molecule has 1 aliphatic rings. The van der Waals surface area contributed by atoms with Gasteiger partial charge in [-0.05, 0) is 36.7 Å². The van der Waals surface area contributed by atoms with Gasteiger partial charge in [-0.25, -0.2) is 5.06 Å². The Morgan fingerprint density at radius 2 is 2.31 bits per heavy atom. The van der Waals surface area contributed by atoms with Gasteiger partial charge in [0.15, 0.2) is 5.75 Å². The largest absolute Gasteiger partial charge is 0.380 e. The molecular weight excluding hydrogens is 200 g/mol. The molecule has 0 radical (unpaired) electrons. The van der Waals surface area contributed by atoms with Crippen molar-refractivity contribution in [1.82, 2.24) is 5.06 Å². The van der Waals surface area contributed by atoms with Gasteiger partial charge in [-0.15, -0.1) is 0 Å². The Labute approximate surface area is 95.8 Å². The van der Waals surface area contributed by atoms with Gasteiger partial charge < -0.3 is 10.6 Å². The Morgan fingerprint density at radius 1 is 1.44 bits per heavy atom. The summed E-state index contributed by atoms with van der Waals surface area (Å²) in [6, 6.07) is 6.13. The first-order valence-electron chi connectivity index (χ1n) is 5.39. The molecule has 84 valence electrons. The third kappa shape index (κ3) is 2.44. The summed E-state index contributed by atoms with van der Waals surface area (Å²) in [5, 5.41) is 1.69. The number of nitrogens with two attached hydrogens (primary N) is 1. The number of benzene rings is 1. The normalized spacial score (nSPS) is 14.0. The highest BCUT2D eigenvalue weighted by Crippen LogP contribution is 2.26. The van der Waals surface area contributed by atoms with E-state index in [0.717, 1.165) is 17.7 Å². The van der Waals surface area contributed by atoms with E-state index in [4.69, 9.17) is 10.6 Å². The van der Waals surface area contributed by atoms with Crippen LogP contribution >= 0.6 is 0 Å². The maximum atomic E-state index is 5.51. The fraction of sp³-hybridized carbons (Fsp3) is 0.231. The Hall–Kier alpha value is -1.74. The third-order valence-corrected chi connectivity index (χ3v) is 2.38. The van der Waals surface area contributed by atoms with Crippen LogP contribution in [0.25, 0.3) is 12.2 Å². The molecule has 0 spiro atoms. The van der Waals surface area contributed by atoms with E-state index < -0.39 is 0 Å². The van der Waals surface area contributed by atoms with Crippen molar-refractivity contribution in [1.29, 1.82) is 0 Å². The van der Waals surface area contributed by atoms with Crippen LogP contribution in [0.1, 0.15) is 17.5 Å². The predicted octanol–water partition coefficient (Wildman–Crippen LogP) is 2.26. The quantitative estimate of drug-likeness (QED) is 0.842. The number of hydrogen-bond acceptors (Lipinski definition) is 3. The fourth-order valence-electron chi connectivity index (χ4n) is 1.57. The zero-order valence-electron chi connectivity index (χ0n) is 9.39. The maximum absolute atomic E-state index is 5.51. The zero-order chi connectivity index (χ0) is 11.4. The second-order valence-electron chi connectivity index (χ2n) is 3.73. The van der Waals surface area contributed by atoms with E-state index in [1.165, 1.54) is 5.56 Å². The summed E-state index contributed by atoms with van der Waals surface area (Å²) in [5.74, 6) is 0.890. The lowest BCUT2D eigenvalue weighted by Crippen LogP contribution is -2.18. The van der Waals surface area contributed by atoms with E-state index in [9.17, 15) is 0 Å². The van der Waals surface area contributed by atoms with Crippen molar-refractivity contribution in [3.8, 4) is 5.75 Å². The molecule has 3 nitrogen and oxygen atoms in total. The lowest BCUT2D eigenvalue weighted by atomic mass is 10.1. The van der Waals surface area contributed by atoms with Crippen LogP contribution < -0.4 is 10.6 Å². The molecule has 0 aliphatic carbocycles. The highest BCUT2D eigenvalue weighted by atomic mass is 16.7. The second kappa shape index (κ2) is 4.86. The van der Waals surface area contributed by atoms with Crippen LogP contribution in [-0.4, -0.2) is 18.7 Å². The molecule has 1 aromatic rings. The van der Waals surface area contributed by atoms with Crippen molar-refractivity contribution in [2.45, 2.75) is 6.42 Å². The number of nitrogens with zero attached hydrogens (tertiary/aromatic N) is 1. The molecule has 0 aromatic heterocycles. The van der Waals surface area contributed by atoms with E-state index >= 15 is 0 Å². The van der Waals surface area contributed by atoms with Crippen LogP contribution in [0.4, 0.5) is 0 Å². The number of hydrogen-bond donors (Lipinski definition) is 1. The molecule has 0 unspecified atom stereocenters. The van der Waals surface area contributed by atoms with Crippen LogP contribution in [0.15, 0.2) is 30.5 Å². The summed E-state index contributed by atoms with van der Waals surface area (Å²) in [6.07, 6.45) is 9.02. The van der Waals surface area contributed by atoms with Gasteiger partial charge >= 0.3 is 0 Å². The van der Waals surface area contributed by atoms with Gasteiger partial charge in [0.25, 0.3) is 0 Å². The molecule has 3 heteroatoms. The molecule has 0 fully saturated rings. The molecule has 1 aromatic carbocycles. The van der Waals surface area contributed by atoms with E-state index in [1.807, 2.05) is 31.5 Å². The van der Waals surface area contributed by atoms with Gasteiger partial charge in [-0.2, -0.15) is 0 Å². The summed E-state index contributed by atoms with van der Waals surface area (Å²) >= 11 is 0. The van der Waals surface area contributed by atoms with Crippen molar-refractivity contribution in [3.05, 3.63) is 41.6 Å². The minimum absolute atomic E-state index is 0.690. The second-order valence-corrected chi connectivity index (χ2v) is 3.73. The molecule has 0 amide bonds. The molecule has 1 heterocycles. The molecular formula is C13H16N2O. The van der Waals surface area contributed by atoms with Crippen molar-refractivity contribution in [2.75, 3.05) is 13.6 Å². The van der Waals surface area contributed by atoms with Crippen molar-refractivity contribution < 1.29 is 4.84 Å². The molecule has 1 aliphatic heterocycles. The van der Waals surface area contributed by atoms with Gasteiger partial charge in [0.05, 0.1) is 0 Å². The van der Waals surface area contributed by atoms with E-state index in [2.05, 4.69) is 18.2 Å². The zero-order valence-corrected chi connectivity index (χ0v) is 9.39. The van der Waals surface area contributed by atoms with Gasteiger partial charge in [0.1, 0.15) is 0 Å². The summed E-state index contributed by atoms with van der Waals surface area (Å²) in [6.45, 7) is 0.690.